The molecule has 0 amide bonds. The summed E-state index contributed by atoms with van der Waals surface area (Å²) in [5.74, 6) is 0. The van der Waals surface area contributed by atoms with E-state index < -0.39 is 15.6 Å². The summed E-state index contributed by atoms with van der Waals surface area (Å²) in [6.07, 6.45) is 0.572. The standard InChI is InChI=1S/C14H24N2O3S2/c1-5-15-8-12-13(10(2)9-20-12)21(17,18)16-14(4)6-7-19-11(14)3/h9,11,15-16H,5-8H2,1-4H3. The number of nitrogens with one attached hydrogen (secondary N) is 2. The number of hydrogen-bond acceptors (Lipinski definition) is 5. The van der Waals surface area contributed by atoms with Crippen molar-refractivity contribution >= 4 is 21.4 Å². The Morgan fingerprint density at radius 2 is 2.24 bits per heavy atom. The average molecular weight is 332 g/mol. The zero-order chi connectivity index (χ0) is 15.7. The fourth-order valence-electron chi connectivity index (χ4n) is 2.54. The molecule has 2 N–H and O–H groups in total. The van der Waals surface area contributed by atoms with E-state index in [4.69, 9.17) is 4.74 Å². The average Bonchev–Trinajstić information content (AvgIpc) is 2.91. The Hall–Kier alpha value is -0.470. The van der Waals surface area contributed by atoms with Crippen molar-refractivity contribution in [2.45, 2.75) is 57.2 Å². The first-order chi connectivity index (χ1) is 9.80. The lowest BCUT2D eigenvalue weighted by atomic mass is 9.97. The highest BCUT2D eigenvalue weighted by Crippen LogP contribution is 2.31. The van der Waals surface area contributed by atoms with Crippen LogP contribution in [0.5, 0.6) is 0 Å². The third-order valence-corrected chi connectivity index (χ3v) is 7.12. The van der Waals surface area contributed by atoms with Crippen LogP contribution in [0, 0.1) is 6.92 Å². The van der Waals surface area contributed by atoms with E-state index in [0.717, 1.165) is 17.0 Å². The second-order valence-electron chi connectivity index (χ2n) is 5.74. The van der Waals surface area contributed by atoms with Crippen LogP contribution in [0.25, 0.3) is 0 Å². The van der Waals surface area contributed by atoms with Crippen LogP contribution in [-0.2, 0) is 21.3 Å². The van der Waals surface area contributed by atoms with Crippen LogP contribution in [0.2, 0.25) is 0 Å². The summed E-state index contributed by atoms with van der Waals surface area (Å²) in [6, 6.07) is 0. The van der Waals surface area contributed by atoms with Gasteiger partial charge in [-0.2, -0.15) is 0 Å². The van der Waals surface area contributed by atoms with Gasteiger partial charge in [0.2, 0.25) is 10.0 Å². The minimum absolute atomic E-state index is 0.122. The lowest BCUT2D eigenvalue weighted by Gasteiger charge is -2.28. The number of hydrogen-bond donors (Lipinski definition) is 2. The van der Waals surface area contributed by atoms with E-state index in [1.54, 1.807) is 0 Å². The van der Waals surface area contributed by atoms with Gasteiger partial charge in [0.15, 0.2) is 0 Å². The first kappa shape index (κ1) is 16.9. The van der Waals surface area contributed by atoms with Crippen LogP contribution in [-0.4, -0.2) is 33.2 Å². The first-order valence-corrected chi connectivity index (χ1v) is 9.59. The maximum atomic E-state index is 12.8. The number of thiophene rings is 1. The van der Waals surface area contributed by atoms with Crippen molar-refractivity contribution in [3.8, 4) is 0 Å². The summed E-state index contributed by atoms with van der Waals surface area (Å²) in [6.45, 7) is 9.65. The van der Waals surface area contributed by atoms with Crippen LogP contribution in [0.15, 0.2) is 10.3 Å². The minimum Gasteiger partial charge on any atom is -0.376 e. The molecule has 120 valence electrons. The third kappa shape index (κ3) is 3.48. The Bertz CT molecular complexity index is 597. The van der Waals surface area contributed by atoms with Gasteiger partial charge in [0.1, 0.15) is 4.90 Å². The molecule has 0 aliphatic carbocycles. The SMILES string of the molecule is CCNCc1scc(C)c1S(=O)(=O)NC1(C)CCOC1C. The first-order valence-electron chi connectivity index (χ1n) is 7.23. The molecule has 21 heavy (non-hydrogen) atoms. The second-order valence-corrected chi connectivity index (χ2v) is 8.32. The van der Waals surface area contributed by atoms with Gasteiger partial charge in [-0.25, -0.2) is 13.1 Å². The van der Waals surface area contributed by atoms with Gasteiger partial charge >= 0.3 is 0 Å². The molecular weight excluding hydrogens is 308 g/mol. The van der Waals surface area contributed by atoms with E-state index in [1.807, 2.05) is 33.1 Å². The van der Waals surface area contributed by atoms with Crippen molar-refractivity contribution in [1.29, 1.82) is 0 Å². The summed E-state index contributed by atoms with van der Waals surface area (Å²) in [5.41, 5.74) is 0.262. The van der Waals surface area contributed by atoms with E-state index >= 15 is 0 Å². The normalized spacial score (nSPS) is 26.4. The van der Waals surface area contributed by atoms with Crippen molar-refractivity contribution in [3.05, 3.63) is 15.8 Å². The molecule has 1 aromatic rings. The highest BCUT2D eigenvalue weighted by atomic mass is 32.2. The molecule has 1 saturated heterocycles. The molecular formula is C14H24N2O3S2. The van der Waals surface area contributed by atoms with Crippen LogP contribution in [0.4, 0.5) is 0 Å². The molecule has 0 saturated carbocycles. The lowest BCUT2D eigenvalue weighted by Crippen LogP contribution is -2.50. The predicted octanol–water partition coefficient (Wildman–Crippen LogP) is 2.01. The topological polar surface area (TPSA) is 67.4 Å². The number of rotatable bonds is 6. The monoisotopic (exact) mass is 332 g/mol. The smallest absolute Gasteiger partial charge is 0.242 e. The van der Waals surface area contributed by atoms with Crippen LogP contribution in [0.3, 0.4) is 0 Å². The fraction of sp³-hybridized carbons (Fsp3) is 0.714. The Morgan fingerprint density at radius 1 is 1.52 bits per heavy atom. The summed E-state index contributed by atoms with van der Waals surface area (Å²) >= 11 is 1.49. The zero-order valence-corrected chi connectivity index (χ0v) is 14.7. The van der Waals surface area contributed by atoms with E-state index in [-0.39, 0.29) is 6.10 Å². The number of ether oxygens (including phenoxy) is 1. The van der Waals surface area contributed by atoms with Crippen molar-refractivity contribution < 1.29 is 13.2 Å². The molecule has 7 heteroatoms. The summed E-state index contributed by atoms with van der Waals surface area (Å²) in [4.78, 5) is 1.28. The van der Waals surface area contributed by atoms with Crippen LogP contribution >= 0.6 is 11.3 Å². The fourth-order valence-corrected chi connectivity index (χ4v) is 5.81. The Balaban J connectivity index is 2.29. The summed E-state index contributed by atoms with van der Waals surface area (Å²) in [5, 5.41) is 5.10. The number of sulfonamides is 1. The Kier molecular flexibility index (Phi) is 5.10. The Labute approximate surface area is 131 Å². The molecule has 1 fully saturated rings. The van der Waals surface area contributed by atoms with E-state index in [0.29, 0.717) is 24.5 Å². The molecule has 0 aromatic carbocycles. The maximum Gasteiger partial charge on any atom is 0.242 e. The van der Waals surface area contributed by atoms with E-state index in [2.05, 4.69) is 10.0 Å². The van der Waals surface area contributed by atoms with Gasteiger partial charge in [-0.1, -0.05) is 6.92 Å². The largest absolute Gasteiger partial charge is 0.376 e. The molecule has 2 rings (SSSR count). The molecule has 1 aliphatic rings. The lowest BCUT2D eigenvalue weighted by molar-refractivity contribution is 0.0957. The van der Waals surface area contributed by atoms with Crippen molar-refractivity contribution in [3.63, 3.8) is 0 Å². The zero-order valence-electron chi connectivity index (χ0n) is 13.0. The Morgan fingerprint density at radius 3 is 2.81 bits per heavy atom. The van der Waals surface area contributed by atoms with Crippen molar-refractivity contribution in [2.75, 3.05) is 13.2 Å². The molecule has 2 heterocycles. The molecule has 1 aliphatic heterocycles. The van der Waals surface area contributed by atoms with Gasteiger partial charge in [0.25, 0.3) is 0 Å². The van der Waals surface area contributed by atoms with Crippen molar-refractivity contribution in [2.24, 2.45) is 0 Å². The highest BCUT2D eigenvalue weighted by Gasteiger charge is 2.41. The van der Waals surface area contributed by atoms with Crippen LogP contribution < -0.4 is 10.0 Å². The highest BCUT2D eigenvalue weighted by molar-refractivity contribution is 7.89. The number of aryl methyl sites for hydroxylation is 1. The molecule has 2 unspecified atom stereocenters. The summed E-state index contributed by atoms with van der Waals surface area (Å²) < 4.78 is 34.0. The van der Waals surface area contributed by atoms with Crippen molar-refractivity contribution in [1.82, 2.24) is 10.0 Å². The van der Waals surface area contributed by atoms with Gasteiger partial charge in [-0.05, 0) is 44.7 Å². The van der Waals surface area contributed by atoms with Gasteiger partial charge in [0, 0.05) is 18.0 Å². The quantitative estimate of drug-likeness (QED) is 0.836. The van der Waals surface area contributed by atoms with Gasteiger partial charge < -0.3 is 10.1 Å². The third-order valence-electron chi connectivity index (χ3n) is 4.05. The van der Waals surface area contributed by atoms with Gasteiger partial charge in [-0.15, -0.1) is 11.3 Å². The maximum absolute atomic E-state index is 12.8. The predicted molar refractivity (Wildman–Crippen MR) is 85.2 cm³/mol. The van der Waals surface area contributed by atoms with Crippen LogP contribution in [0.1, 0.15) is 37.6 Å². The molecule has 1 aromatic heterocycles. The molecule has 0 spiro atoms. The second kappa shape index (κ2) is 6.34. The molecule has 0 bridgehead atoms. The minimum atomic E-state index is -3.54. The van der Waals surface area contributed by atoms with Gasteiger partial charge in [0.05, 0.1) is 11.6 Å². The molecule has 5 nitrogen and oxygen atoms in total. The van der Waals surface area contributed by atoms with Gasteiger partial charge in [-0.3, -0.25) is 0 Å². The summed E-state index contributed by atoms with van der Waals surface area (Å²) in [7, 11) is -3.54. The molecule has 0 radical (unpaired) electrons. The molecule has 2 atom stereocenters. The van der Waals surface area contributed by atoms with E-state index in [1.165, 1.54) is 11.3 Å². The van der Waals surface area contributed by atoms with E-state index in [9.17, 15) is 8.42 Å².